The number of rotatable bonds is 4. The van der Waals surface area contributed by atoms with Crippen LogP contribution in [0.3, 0.4) is 0 Å². The van der Waals surface area contributed by atoms with Crippen LogP contribution in [-0.2, 0) is 0 Å². The fourth-order valence-electron chi connectivity index (χ4n) is 6.38. The van der Waals surface area contributed by atoms with Crippen molar-refractivity contribution in [2.24, 2.45) is 0 Å². The Morgan fingerprint density at radius 2 is 1.09 bits per heavy atom. The summed E-state index contributed by atoms with van der Waals surface area (Å²) < 4.78 is 6.33. The smallest absolute Gasteiger partial charge is 0.159 e. The largest absolute Gasteiger partial charge is 0.456 e. The van der Waals surface area contributed by atoms with Crippen molar-refractivity contribution in [3.8, 4) is 67.4 Å². The molecule has 8 aromatic rings. The highest BCUT2D eigenvalue weighted by molar-refractivity contribution is 6.10. The van der Waals surface area contributed by atoms with Crippen molar-refractivity contribution in [1.29, 1.82) is 0 Å². The van der Waals surface area contributed by atoms with E-state index in [0.717, 1.165) is 78.0 Å². The highest BCUT2D eigenvalue weighted by Gasteiger charge is 2.21. The van der Waals surface area contributed by atoms with Crippen LogP contribution in [0.2, 0.25) is 0 Å². The first kappa shape index (κ1) is 25.4. The first-order valence-corrected chi connectivity index (χ1v) is 15.0. The molecule has 4 heteroatoms. The van der Waals surface area contributed by atoms with Gasteiger partial charge >= 0.3 is 0 Å². The van der Waals surface area contributed by atoms with Crippen LogP contribution in [-0.4, -0.2) is 15.0 Å². The molecule has 0 saturated carbocycles. The SMILES string of the molecule is c1ccc(-c2cc(-c3ccccc3)nc(-c3cnc4ncc(-c5ccc6c7c(cccc57)-c5ccccc5O6)cc4c3)c2)cc1. The van der Waals surface area contributed by atoms with E-state index in [2.05, 4.69) is 103 Å². The summed E-state index contributed by atoms with van der Waals surface area (Å²) in [5, 5.41) is 3.21. The molecular weight excluding hydrogens is 550 g/mol. The van der Waals surface area contributed by atoms with Crippen molar-refractivity contribution < 1.29 is 4.74 Å². The van der Waals surface area contributed by atoms with Gasteiger partial charge in [-0.25, -0.2) is 15.0 Å². The van der Waals surface area contributed by atoms with E-state index >= 15 is 0 Å². The average Bonchev–Trinajstić information content (AvgIpc) is 3.12. The summed E-state index contributed by atoms with van der Waals surface area (Å²) in [4.78, 5) is 14.7. The van der Waals surface area contributed by atoms with E-state index in [1.54, 1.807) is 0 Å². The molecule has 210 valence electrons. The van der Waals surface area contributed by atoms with E-state index in [-0.39, 0.29) is 0 Å². The fourth-order valence-corrected chi connectivity index (χ4v) is 6.38. The van der Waals surface area contributed by atoms with E-state index in [4.69, 9.17) is 19.7 Å². The molecule has 9 rings (SSSR count). The number of hydrogen-bond donors (Lipinski definition) is 0. The van der Waals surface area contributed by atoms with Gasteiger partial charge in [0.15, 0.2) is 5.65 Å². The molecule has 1 aliphatic heterocycles. The summed E-state index contributed by atoms with van der Waals surface area (Å²) >= 11 is 0. The standard InChI is InChI=1S/C41H25N3O/c1-3-10-26(11-4-1)28-22-36(27-12-5-2-6-13-27)44-37(23-28)31-21-29-20-30(24-42-41(29)43-25-31)32-18-19-39-40-34(32)15-9-16-35(40)33-14-7-8-17-38(33)45-39/h1-25H. The molecule has 4 nitrogen and oxygen atoms in total. The van der Waals surface area contributed by atoms with Crippen LogP contribution in [0.1, 0.15) is 0 Å². The summed E-state index contributed by atoms with van der Waals surface area (Å²) in [6, 6.07) is 48.2. The van der Waals surface area contributed by atoms with Crippen molar-refractivity contribution in [2.45, 2.75) is 0 Å². The second-order valence-electron chi connectivity index (χ2n) is 11.3. The van der Waals surface area contributed by atoms with Crippen LogP contribution in [0.5, 0.6) is 11.5 Å². The van der Waals surface area contributed by atoms with E-state index in [0.29, 0.717) is 5.65 Å². The molecule has 45 heavy (non-hydrogen) atoms. The molecule has 4 heterocycles. The zero-order valence-corrected chi connectivity index (χ0v) is 24.2. The van der Waals surface area contributed by atoms with Gasteiger partial charge in [0.25, 0.3) is 0 Å². The zero-order valence-electron chi connectivity index (χ0n) is 24.2. The third-order valence-electron chi connectivity index (χ3n) is 8.54. The molecule has 5 aromatic carbocycles. The second-order valence-corrected chi connectivity index (χ2v) is 11.3. The first-order valence-electron chi connectivity index (χ1n) is 15.0. The lowest BCUT2D eigenvalue weighted by molar-refractivity contribution is 0.487. The highest BCUT2D eigenvalue weighted by Crippen LogP contribution is 2.48. The lowest BCUT2D eigenvalue weighted by Crippen LogP contribution is -1.97. The van der Waals surface area contributed by atoms with Gasteiger partial charge in [-0.05, 0) is 70.1 Å². The minimum Gasteiger partial charge on any atom is -0.456 e. The van der Waals surface area contributed by atoms with Crippen LogP contribution in [0.4, 0.5) is 0 Å². The fraction of sp³-hybridized carbons (Fsp3) is 0. The zero-order chi connectivity index (χ0) is 29.7. The Kier molecular flexibility index (Phi) is 5.78. The molecule has 0 radical (unpaired) electrons. The number of benzene rings is 5. The monoisotopic (exact) mass is 575 g/mol. The molecule has 0 aliphatic carbocycles. The van der Waals surface area contributed by atoms with Crippen LogP contribution >= 0.6 is 0 Å². The number of ether oxygens (including phenoxy) is 1. The molecule has 0 unspecified atom stereocenters. The Bertz CT molecular complexity index is 2340. The van der Waals surface area contributed by atoms with Gasteiger partial charge in [0, 0.05) is 45.4 Å². The van der Waals surface area contributed by atoms with Crippen LogP contribution in [0, 0.1) is 0 Å². The number of fused-ring (bicyclic) bond motifs is 3. The van der Waals surface area contributed by atoms with Gasteiger partial charge in [-0.2, -0.15) is 0 Å². The predicted octanol–water partition coefficient (Wildman–Crippen LogP) is 10.6. The Morgan fingerprint density at radius 3 is 1.91 bits per heavy atom. The van der Waals surface area contributed by atoms with E-state index < -0.39 is 0 Å². The Morgan fingerprint density at radius 1 is 0.422 bits per heavy atom. The minimum absolute atomic E-state index is 0.699. The highest BCUT2D eigenvalue weighted by atomic mass is 16.5. The number of hydrogen-bond acceptors (Lipinski definition) is 4. The third kappa shape index (κ3) is 4.35. The Hall–Kier alpha value is -6.13. The topological polar surface area (TPSA) is 47.9 Å². The lowest BCUT2D eigenvalue weighted by Gasteiger charge is -2.22. The predicted molar refractivity (Wildman–Crippen MR) is 182 cm³/mol. The van der Waals surface area contributed by atoms with Crippen LogP contribution < -0.4 is 4.74 Å². The van der Waals surface area contributed by atoms with Crippen molar-refractivity contribution in [2.75, 3.05) is 0 Å². The van der Waals surface area contributed by atoms with Crippen molar-refractivity contribution in [1.82, 2.24) is 15.0 Å². The summed E-state index contributed by atoms with van der Waals surface area (Å²) in [7, 11) is 0. The summed E-state index contributed by atoms with van der Waals surface area (Å²) in [6.45, 7) is 0. The quantitative estimate of drug-likeness (QED) is 0.209. The molecular formula is C41H25N3O. The molecule has 0 atom stereocenters. The number of nitrogens with zero attached hydrogens (tertiary/aromatic N) is 3. The van der Waals surface area contributed by atoms with Gasteiger partial charge in [0.1, 0.15) is 11.5 Å². The third-order valence-corrected chi connectivity index (χ3v) is 8.54. The van der Waals surface area contributed by atoms with E-state index in [1.807, 2.05) is 48.8 Å². The Balaban J connectivity index is 1.18. The molecule has 0 amide bonds. The summed E-state index contributed by atoms with van der Waals surface area (Å²) in [5.74, 6) is 1.76. The first-order chi connectivity index (χ1) is 22.3. The molecule has 0 fully saturated rings. The van der Waals surface area contributed by atoms with Crippen LogP contribution in [0.15, 0.2) is 152 Å². The molecule has 0 N–H and O–H groups in total. The van der Waals surface area contributed by atoms with Gasteiger partial charge in [-0.15, -0.1) is 0 Å². The summed E-state index contributed by atoms with van der Waals surface area (Å²) in [6.07, 6.45) is 3.79. The second kappa shape index (κ2) is 10.2. The van der Waals surface area contributed by atoms with Gasteiger partial charge < -0.3 is 4.74 Å². The number of pyridine rings is 3. The normalized spacial score (nSPS) is 11.7. The van der Waals surface area contributed by atoms with Gasteiger partial charge in [-0.1, -0.05) is 97.1 Å². The molecule has 0 bridgehead atoms. The minimum atomic E-state index is 0.699. The van der Waals surface area contributed by atoms with E-state index in [1.165, 1.54) is 5.56 Å². The molecule has 0 saturated heterocycles. The maximum atomic E-state index is 6.33. The van der Waals surface area contributed by atoms with Crippen LogP contribution in [0.25, 0.3) is 77.7 Å². The van der Waals surface area contributed by atoms with Gasteiger partial charge in [0.2, 0.25) is 0 Å². The lowest BCUT2D eigenvalue weighted by atomic mass is 9.91. The van der Waals surface area contributed by atoms with E-state index in [9.17, 15) is 0 Å². The maximum absolute atomic E-state index is 6.33. The van der Waals surface area contributed by atoms with Gasteiger partial charge in [0.05, 0.1) is 11.4 Å². The number of aromatic nitrogens is 3. The van der Waals surface area contributed by atoms with Gasteiger partial charge in [-0.3, -0.25) is 0 Å². The average molecular weight is 576 g/mol. The summed E-state index contributed by atoms with van der Waals surface area (Å²) in [5.41, 5.74) is 11.2. The Labute approximate surface area is 260 Å². The molecule has 0 spiro atoms. The number of para-hydroxylation sites is 1. The maximum Gasteiger partial charge on any atom is 0.159 e. The van der Waals surface area contributed by atoms with Crippen molar-refractivity contribution in [3.63, 3.8) is 0 Å². The van der Waals surface area contributed by atoms with Crippen molar-refractivity contribution in [3.05, 3.63) is 152 Å². The van der Waals surface area contributed by atoms with Crippen molar-refractivity contribution >= 4 is 21.8 Å². The molecule has 3 aromatic heterocycles. The molecule has 1 aliphatic rings.